The monoisotopic (exact) mass is 540 g/mol. The van der Waals surface area contributed by atoms with E-state index in [-0.39, 0.29) is 24.0 Å². The molecule has 0 saturated carbocycles. The van der Waals surface area contributed by atoms with Crippen LogP contribution in [0.1, 0.15) is 16.6 Å². The maximum atomic E-state index is 5.53. The Kier molecular flexibility index (Phi) is 8.91. The molecule has 7 nitrogen and oxygen atoms in total. The average Bonchev–Trinajstić information content (AvgIpc) is 3.43. The van der Waals surface area contributed by atoms with Gasteiger partial charge in [-0.05, 0) is 23.6 Å². The summed E-state index contributed by atoms with van der Waals surface area (Å²) < 4.78 is 7.58. The molecule has 0 amide bonds. The third-order valence-electron chi connectivity index (χ3n) is 5.13. The fourth-order valence-corrected chi connectivity index (χ4v) is 4.47. The third kappa shape index (κ3) is 5.93. The van der Waals surface area contributed by atoms with Gasteiger partial charge in [0.2, 0.25) is 0 Å². The summed E-state index contributed by atoms with van der Waals surface area (Å²) in [6, 6.07) is 10.7. The number of morpholine rings is 1. The third-order valence-corrected chi connectivity index (χ3v) is 6.11. The van der Waals surface area contributed by atoms with E-state index in [0.29, 0.717) is 6.04 Å². The number of imidazole rings is 1. The molecule has 0 radical (unpaired) electrons. The number of guanidine groups is 1. The summed E-state index contributed by atoms with van der Waals surface area (Å²) in [4.78, 5) is 12.9. The minimum atomic E-state index is 0. The average molecular weight is 540 g/mol. The Morgan fingerprint density at radius 2 is 2.10 bits per heavy atom. The number of nitrogens with zero attached hydrogens (tertiary/aromatic N) is 4. The van der Waals surface area contributed by atoms with Crippen LogP contribution in [0.2, 0.25) is 0 Å². The van der Waals surface area contributed by atoms with E-state index in [4.69, 9.17) is 4.74 Å². The number of nitrogens with one attached hydrogen (secondary N) is 2. The summed E-state index contributed by atoms with van der Waals surface area (Å²) in [5.74, 6) is 0.823. The highest BCUT2D eigenvalue weighted by Crippen LogP contribution is 2.25. The summed E-state index contributed by atoms with van der Waals surface area (Å²) in [5, 5.41) is 9.06. The van der Waals surface area contributed by atoms with Gasteiger partial charge in [0, 0.05) is 56.9 Å². The first kappa shape index (κ1) is 23.0. The van der Waals surface area contributed by atoms with Crippen molar-refractivity contribution in [2.24, 2.45) is 4.99 Å². The van der Waals surface area contributed by atoms with Crippen molar-refractivity contribution in [2.45, 2.75) is 12.5 Å². The molecular weight excluding hydrogens is 511 g/mol. The van der Waals surface area contributed by atoms with E-state index in [9.17, 15) is 0 Å². The second-order valence-electron chi connectivity index (χ2n) is 7.01. The molecule has 0 bridgehead atoms. The fraction of sp³-hybridized carbons (Fsp3) is 0.429. The van der Waals surface area contributed by atoms with Gasteiger partial charge in [-0.3, -0.25) is 9.89 Å². The highest BCUT2D eigenvalue weighted by atomic mass is 127. The lowest BCUT2D eigenvalue weighted by Crippen LogP contribution is -2.46. The fourth-order valence-electron chi connectivity index (χ4n) is 3.61. The zero-order chi connectivity index (χ0) is 19.9. The topological polar surface area (TPSA) is 66.2 Å². The van der Waals surface area contributed by atoms with Crippen molar-refractivity contribution in [1.82, 2.24) is 24.9 Å². The largest absolute Gasteiger partial charge is 0.379 e. The first-order valence-electron chi connectivity index (χ1n) is 10.1. The molecule has 0 spiro atoms. The minimum absolute atomic E-state index is 0. The quantitative estimate of drug-likeness (QED) is 0.274. The van der Waals surface area contributed by atoms with Crippen LogP contribution in [-0.4, -0.2) is 66.7 Å². The summed E-state index contributed by atoms with van der Waals surface area (Å²) in [6.07, 6.45) is 4.95. The molecule has 1 saturated heterocycles. The lowest BCUT2D eigenvalue weighted by Gasteiger charge is -2.34. The number of thiophene rings is 1. The van der Waals surface area contributed by atoms with Crippen molar-refractivity contribution < 1.29 is 4.74 Å². The predicted octanol–water partition coefficient (Wildman–Crippen LogP) is 2.79. The summed E-state index contributed by atoms with van der Waals surface area (Å²) >= 11 is 1.81. The van der Waals surface area contributed by atoms with Crippen LogP contribution in [0.4, 0.5) is 0 Å². The Morgan fingerprint density at radius 3 is 2.83 bits per heavy atom. The van der Waals surface area contributed by atoms with Crippen LogP contribution in [0.5, 0.6) is 0 Å². The van der Waals surface area contributed by atoms with Gasteiger partial charge in [0.25, 0.3) is 0 Å². The molecule has 162 valence electrons. The highest BCUT2D eigenvalue weighted by Gasteiger charge is 2.23. The van der Waals surface area contributed by atoms with Crippen molar-refractivity contribution in [3.8, 4) is 0 Å². The Bertz CT molecular complexity index is 890. The molecule has 1 atom stereocenters. The number of hydrogen-bond donors (Lipinski definition) is 2. The van der Waals surface area contributed by atoms with Crippen molar-refractivity contribution in [2.75, 3.05) is 46.4 Å². The highest BCUT2D eigenvalue weighted by molar-refractivity contribution is 14.0. The number of aliphatic imine (C=N–C) groups is 1. The molecule has 1 fully saturated rings. The molecular formula is C21H29IN6OS. The van der Waals surface area contributed by atoms with Crippen LogP contribution in [0.3, 0.4) is 0 Å². The van der Waals surface area contributed by atoms with Crippen molar-refractivity contribution in [1.29, 1.82) is 0 Å². The molecule has 4 heterocycles. The molecule has 30 heavy (non-hydrogen) atoms. The molecule has 4 rings (SSSR count). The minimum Gasteiger partial charge on any atom is -0.379 e. The van der Waals surface area contributed by atoms with Crippen molar-refractivity contribution in [3.63, 3.8) is 0 Å². The second-order valence-corrected chi connectivity index (χ2v) is 7.99. The van der Waals surface area contributed by atoms with Gasteiger partial charge in [-0.25, -0.2) is 4.98 Å². The van der Waals surface area contributed by atoms with E-state index in [0.717, 1.165) is 63.1 Å². The Morgan fingerprint density at radius 1 is 1.23 bits per heavy atom. The van der Waals surface area contributed by atoms with E-state index in [2.05, 4.69) is 53.6 Å². The van der Waals surface area contributed by atoms with E-state index in [1.165, 1.54) is 4.88 Å². The maximum absolute atomic E-state index is 5.53. The van der Waals surface area contributed by atoms with Crippen molar-refractivity contribution >= 4 is 46.9 Å². The number of ether oxygens (including phenoxy) is 1. The van der Waals surface area contributed by atoms with Gasteiger partial charge in [0.05, 0.1) is 24.9 Å². The number of aromatic nitrogens is 2. The summed E-state index contributed by atoms with van der Waals surface area (Å²) in [6.45, 7) is 5.12. The first-order chi connectivity index (χ1) is 14.3. The lowest BCUT2D eigenvalue weighted by atomic mass is 10.2. The van der Waals surface area contributed by atoms with Crippen LogP contribution in [0.15, 0.2) is 53.1 Å². The first-order valence-corrected chi connectivity index (χ1v) is 10.9. The van der Waals surface area contributed by atoms with Crippen LogP contribution < -0.4 is 10.6 Å². The van der Waals surface area contributed by atoms with Gasteiger partial charge in [-0.1, -0.05) is 12.1 Å². The molecule has 3 aromatic heterocycles. The molecule has 0 aliphatic carbocycles. The number of fused-ring (bicyclic) bond motifs is 1. The van der Waals surface area contributed by atoms with E-state index in [1.807, 2.05) is 42.8 Å². The Balaban J connectivity index is 0.00000256. The normalized spacial score (nSPS) is 16.2. The molecule has 9 heteroatoms. The molecule has 1 unspecified atom stereocenters. The van der Waals surface area contributed by atoms with Gasteiger partial charge in [-0.2, -0.15) is 0 Å². The van der Waals surface area contributed by atoms with Gasteiger partial charge in [-0.15, -0.1) is 35.3 Å². The van der Waals surface area contributed by atoms with E-state index < -0.39 is 0 Å². The smallest absolute Gasteiger partial charge is 0.191 e. The summed E-state index contributed by atoms with van der Waals surface area (Å²) in [7, 11) is 1.81. The lowest BCUT2D eigenvalue weighted by molar-refractivity contribution is 0.0177. The zero-order valence-electron chi connectivity index (χ0n) is 17.2. The number of halogens is 1. The molecule has 3 aromatic rings. The maximum Gasteiger partial charge on any atom is 0.191 e. The standard InChI is InChI=1S/C21H28N6OS.HI/c1-22-21(23-8-7-17-16-27-9-3-2-6-20(27)25-17)24-15-18(19-5-4-14-29-19)26-10-12-28-13-11-26;/h2-6,9,14,16,18H,7-8,10-13,15H2,1H3,(H2,22,23,24);1H. The van der Waals surface area contributed by atoms with Crippen LogP contribution in [0, 0.1) is 0 Å². The SMILES string of the molecule is CN=C(NCCc1cn2ccccc2n1)NCC(c1cccs1)N1CCOCC1.I. The van der Waals surface area contributed by atoms with E-state index >= 15 is 0 Å². The second kappa shape index (κ2) is 11.6. The Hall–Kier alpha value is -1.69. The van der Waals surface area contributed by atoms with Crippen LogP contribution >= 0.6 is 35.3 Å². The number of pyridine rings is 1. The van der Waals surface area contributed by atoms with Crippen LogP contribution in [-0.2, 0) is 11.2 Å². The predicted molar refractivity (Wildman–Crippen MR) is 133 cm³/mol. The molecule has 1 aliphatic rings. The van der Waals surface area contributed by atoms with Crippen LogP contribution in [0.25, 0.3) is 5.65 Å². The number of hydrogen-bond acceptors (Lipinski definition) is 5. The van der Waals surface area contributed by atoms with Gasteiger partial charge >= 0.3 is 0 Å². The van der Waals surface area contributed by atoms with Crippen molar-refractivity contribution in [3.05, 3.63) is 58.7 Å². The van der Waals surface area contributed by atoms with E-state index in [1.54, 1.807) is 0 Å². The number of rotatable bonds is 7. The van der Waals surface area contributed by atoms with Gasteiger partial charge < -0.3 is 19.8 Å². The van der Waals surface area contributed by atoms with Gasteiger partial charge in [0.15, 0.2) is 5.96 Å². The summed E-state index contributed by atoms with van der Waals surface area (Å²) in [5.41, 5.74) is 2.05. The van der Waals surface area contributed by atoms with Gasteiger partial charge in [0.1, 0.15) is 5.65 Å². The molecule has 1 aliphatic heterocycles. The Labute approximate surface area is 198 Å². The molecule has 0 aromatic carbocycles. The molecule has 2 N–H and O–H groups in total. The zero-order valence-corrected chi connectivity index (χ0v) is 20.3.